The van der Waals surface area contributed by atoms with Crippen molar-refractivity contribution in [3.63, 3.8) is 0 Å². The molecule has 52 heavy (non-hydrogen) atoms. The van der Waals surface area contributed by atoms with Crippen LogP contribution in [0.1, 0.15) is 115 Å². The van der Waals surface area contributed by atoms with Crippen LogP contribution in [0, 0.1) is 0 Å². The van der Waals surface area contributed by atoms with Crippen molar-refractivity contribution in [1.29, 1.82) is 0 Å². The number of carbonyl (C=O) groups excluding carboxylic acids is 3. The van der Waals surface area contributed by atoms with Crippen molar-refractivity contribution in [3.8, 4) is 17.2 Å². The molecular weight excluding hydrogens is 679 g/mol. The van der Waals surface area contributed by atoms with Crippen molar-refractivity contribution < 1.29 is 42.2 Å². The van der Waals surface area contributed by atoms with E-state index in [-0.39, 0.29) is 53.4 Å². The topological polar surface area (TPSA) is 107 Å². The van der Waals surface area contributed by atoms with Crippen LogP contribution in [0.5, 0.6) is 17.2 Å². The molecule has 3 aromatic carbocycles. The quantitative estimate of drug-likeness (QED) is 0.0857. The molecule has 0 aliphatic rings. The largest absolute Gasteiger partial charge is 0.530 e. The zero-order valence-electron chi connectivity index (χ0n) is 33.1. The maximum absolute atomic E-state index is 11.9. The summed E-state index contributed by atoms with van der Waals surface area (Å²) >= 11 is 0. The molecule has 0 heterocycles. The van der Waals surface area contributed by atoms with Gasteiger partial charge in [-0.15, -0.1) is 0 Å². The van der Waals surface area contributed by atoms with Crippen molar-refractivity contribution in [2.24, 2.45) is 0 Å². The Bertz CT molecular complexity index is 1490. The highest BCUT2D eigenvalue weighted by molar-refractivity contribution is 7.43. The molecule has 3 rings (SSSR count). The van der Waals surface area contributed by atoms with Crippen LogP contribution < -0.4 is 13.6 Å². The average molecular weight is 737 g/mol. The van der Waals surface area contributed by atoms with E-state index in [1.807, 2.05) is 36.4 Å². The number of hydrogen-bond donors (Lipinski definition) is 0. The van der Waals surface area contributed by atoms with Gasteiger partial charge >= 0.3 is 26.5 Å². The van der Waals surface area contributed by atoms with Crippen molar-refractivity contribution in [2.75, 3.05) is 21.3 Å². The summed E-state index contributed by atoms with van der Waals surface area (Å²) in [5.74, 6) is 1.04. The van der Waals surface area contributed by atoms with Gasteiger partial charge in [-0.05, 0) is 70.4 Å². The summed E-state index contributed by atoms with van der Waals surface area (Å²) < 4.78 is 34.9. The van der Waals surface area contributed by atoms with Crippen LogP contribution in [-0.2, 0) is 64.1 Å². The fourth-order valence-corrected chi connectivity index (χ4v) is 6.61. The molecule has 3 aromatic rings. The molecule has 0 radical (unpaired) electrons. The van der Waals surface area contributed by atoms with E-state index in [4.69, 9.17) is 27.8 Å². The van der Waals surface area contributed by atoms with E-state index in [9.17, 15) is 14.4 Å². The molecule has 0 aromatic heterocycles. The van der Waals surface area contributed by atoms with E-state index < -0.39 is 8.60 Å². The van der Waals surface area contributed by atoms with Gasteiger partial charge in [0.2, 0.25) is 0 Å². The van der Waals surface area contributed by atoms with Gasteiger partial charge in [0.15, 0.2) is 0 Å². The summed E-state index contributed by atoms with van der Waals surface area (Å²) in [5, 5.41) is 0. The van der Waals surface area contributed by atoms with Gasteiger partial charge in [0.1, 0.15) is 17.2 Å². The lowest BCUT2D eigenvalue weighted by Crippen LogP contribution is -2.17. The van der Waals surface area contributed by atoms with Gasteiger partial charge in [0, 0.05) is 36.0 Å². The average Bonchev–Trinajstić information content (AvgIpc) is 3.08. The third-order valence-electron chi connectivity index (χ3n) is 8.61. The molecule has 10 heteroatoms. The number of aryl methyl sites for hydroxylation is 3. The molecule has 0 aliphatic heterocycles. The number of esters is 3. The summed E-state index contributed by atoms with van der Waals surface area (Å²) in [4.78, 5) is 35.7. The summed E-state index contributed by atoms with van der Waals surface area (Å²) in [6.07, 6.45) is 2.42. The summed E-state index contributed by atoms with van der Waals surface area (Å²) in [6.45, 7) is 19.0. The van der Waals surface area contributed by atoms with E-state index in [0.717, 1.165) is 33.4 Å². The predicted octanol–water partition coefficient (Wildman–Crippen LogP) is 9.66. The Morgan fingerprint density at radius 1 is 0.462 bits per heavy atom. The molecule has 0 saturated heterocycles. The highest BCUT2D eigenvalue weighted by Gasteiger charge is 2.31. The third-order valence-corrected chi connectivity index (χ3v) is 9.65. The Labute approximate surface area is 311 Å². The van der Waals surface area contributed by atoms with Crippen LogP contribution >= 0.6 is 8.60 Å². The summed E-state index contributed by atoms with van der Waals surface area (Å²) in [7, 11) is 2.09. The smallest absolute Gasteiger partial charge is 0.469 e. The molecule has 9 nitrogen and oxygen atoms in total. The van der Waals surface area contributed by atoms with Crippen LogP contribution in [0.3, 0.4) is 0 Å². The van der Waals surface area contributed by atoms with Gasteiger partial charge < -0.3 is 27.8 Å². The van der Waals surface area contributed by atoms with Crippen LogP contribution in [-0.4, -0.2) is 39.2 Å². The molecule has 0 N–H and O–H groups in total. The Balaban J connectivity index is 2.13. The monoisotopic (exact) mass is 736 g/mol. The number of methoxy groups -OCH3 is 3. The van der Waals surface area contributed by atoms with Crippen LogP contribution in [0.25, 0.3) is 0 Å². The van der Waals surface area contributed by atoms with Gasteiger partial charge in [0.05, 0.1) is 21.3 Å². The van der Waals surface area contributed by atoms with Crippen molar-refractivity contribution >= 4 is 26.5 Å². The van der Waals surface area contributed by atoms with Crippen molar-refractivity contribution in [1.82, 2.24) is 0 Å². The lowest BCUT2D eigenvalue weighted by atomic mass is 9.85. The Morgan fingerprint density at radius 2 is 0.712 bits per heavy atom. The lowest BCUT2D eigenvalue weighted by molar-refractivity contribution is -0.141. The van der Waals surface area contributed by atoms with Crippen molar-refractivity contribution in [2.45, 2.75) is 117 Å². The maximum atomic E-state index is 11.9. The van der Waals surface area contributed by atoms with Crippen LogP contribution in [0.15, 0.2) is 54.6 Å². The van der Waals surface area contributed by atoms with E-state index in [0.29, 0.717) is 36.5 Å². The van der Waals surface area contributed by atoms with E-state index in [1.54, 1.807) is 0 Å². The maximum Gasteiger partial charge on any atom is 0.530 e. The summed E-state index contributed by atoms with van der Waals surface area (Å²) in [5.41, 5.74) is 4.86. The molecule has 284 valence electrons. The molecule has 0 unspecified atom stereocenters. The first kappa shape index (κ1) is 42.3. The van der Waals surface area contributed by atoms with Gasteiger partial charge in [-0.3, -0.25) is 14.4 Å². The van der Waals surface area contributed by atoms with Gasteiger partial charge in [-0.1, -0.05) is 98.7 Å². The zero-order chi connectivity index (χ0) is 38.9. The number of benzene rings is 3. The van der Waals surface area contributed by atoms with E-state index in [1.165, 1.54) is 21.3 Å². The predicted molar refractivity (Wildman–Crippen MR) is 205 cm³/mol. The molecule has 0 aliphatic carbocycles. The second-order valence-electron chi connectivity index (χ2n) is 16.0. The van der Waals surface area contributed by atoms with E-state index in [2.05, 4.69) is 80.5 Å². The highest BCUT2D eigenvalue weighted by Crippen LogP contribution is 2.49. The number of rotatable bonds is 15. The SMILES string of the molecule is COC(=O)CCc1ccc(OP(Oc2ccc(CCC(=O)OC)cc2C(C)(C)C)Oc2ccc(CCC(=O)OC)cc2C(C)(C)C)c(C(C)(C)C)c1. The zero-order valence-corrected chi connectivity index (χ0v) is 34.0. The first-order valence-corrected chi connectivity index (χ1v) is 18.8. The van der Waals surface area contributed by atoms with E-state index >= 15 is 0 Å². The third kappa shape index (κ3) is 12.5. The second-order valence-corrected chi connectivity index (χ2v) is 17.0. The minimum Gasteiger partial charge on any atom is -0.469 e. The fraction of sp³-hybridized carbons (Fsp3) is 0.500. The minimum atomic E-state index is -2.09. The Kier molecular flexibility index (Phi) is 14.7. The Morgan fingerprint density at radius 3 is 0.923 bits per heavy atom. The number of hydrogen-bond acceptors (Lipinski definition) is 9. The molecule has 0 bridgehead atoms. The Hall–Kier alpha value is -4.10. The minimum absolute atomic E-state index is 0.264. The first-order chi connectivity index (χ1) is 24.2. The van der Waals surface area contributed by atoms with Gasteiger partial charge in [-0.25, -0.2) is 0 Å². The molecule has 0 atom stereocenters. The molecule has 0 spiro atoms. The lowest BCUT2D eigenvalue weighted by Gasteiger charge is -2.29. The number of ether oxygens (including phenoxy) is 3. The van der Waals surface area contributed by atoms with Crippen LogP contribution in [0.4, 0.5) is 0 Å². The van der Waals surface area contributed by atoms with Gasteiger partial charge in [-0.2, -0.15) is 0 Å². The fourth-order valence-electron chi connectivity index (χ4n) is 5.54. The molecule has 0 saturated carbocycles. The second kappa shape index (κ2) is 18.1. The normalized spacial score (nSPS) is 11.9. The molecular formula is C42H57O9P. The number of carbonyl (C=O) groups is 3. The van der Waals surface area contributed by atoms with Crippen molar-refractivity contribution in [3.05, 3.63) is 88.0 Å². The molecule has 0 amide bonds. The van der Waals surface area contributed by atoms with Crippen LogP contribution in [0.2, 0.25) is 0 Å². The molecule has 0 fully saturated rings. The first-order valence-electron chi connectivity index (χ1n) is 17.7. The summed E-state index contributed by atoms with van der Waals surface area (Å²) in [6, 6.07) is 17.8. The van der Waals surface area contributed by atoms with Gasteiger partial charge in [0.25, 0.3) is 0 Å². The highest BCUT2D eigenvalue weighted by atomic mass is 31.2. The standard InChI is InChI=1S/C42H57O9P/c1-40(2,3)31-25-28(16-22-37(43)46-10)13-19-34(31)49-52(50-35-20-14-29(17-23-38(44)47-11)26-32(35)41(4,5)6)51-36-21-15-30(18-24-39(45)48-12)27-33(36)42(7,8)9/h13-15,19-21,25-27H,16-18,22-24H2,1-12H3.